The zero-order valence-corrected chi connectivity index (χ0v) is 17.0. The van der Waals surface area contributed by atoms with E-state index in [-0.39, 0.29) is 0 Å². The Bertz CT molecular complexity index is 871. The maximum Gasteiger partial charge on any atom is 0.142 e. The number of halogens is 2. The highest BCUT2D eigenvalue weighted by molar-refractivity contribution is 6.35. The maximum atomic E-state index is 6.11. The summed E-state index contributed by atoms with van der Waals surface area (Å²) in [6.45, 7) is 1.99. The van der Waals surface area contributed by atoms with E-state index in [1.54, 1.807) is 18.2 Å². The van der Waals surface area contributed by atoms with Crippen LogP contribution in [0, 0.1) is 0 Å². The van der Waals surface area contributed by atoms with Crippen molar-refractivity contribution in [1.82, 2.24) is 0 Å². The van der Waals surface area contributed by atoms with Crippen LogP contribution in [0.1, 0.15) is 18.4 Å². The van der Waals surface area contributed by atoms with Gasteiger partial charge in [0, 0.05) is 11.6 Å². The van der Waals surface area contributed by atoms with Crippen molar-refractivity contribution in [2.45, 2.75) is 19.4 Å². The van der Waals surface area contributed by atoms with E-state index in [0.29, 0.717) is 29.0 Å². The summed E-state index contributed by atoms with van der Waals surface area (Å²) in [7, 11) is 0. The van der Waals surface area contributed by atoms with E-state index in [1.807, 2.05) is 42.5 Å². The lowest BCUT2D eigenvalue weighted by Crippen LogP contribution is -2.06. The van der Waals surface area contributed by atoms with Gasteiger partial charge in [0.05, 0.1) is 17.3 Å². The smallest absolute Gasteiger partial charge is 0.142 e. The minimum atomic E-state index is 0.537. The van der Waals surface area contributed by atoms with Crippen LogP contribution in [0.15, 0.2) is 72.8 Å². The lowest BCUT2D eigenvalue weighted by atomic mass is 10.2. The van der Waals surface area contributed by atoms with Crippen LogP contribution >= 0.6 is 23.2 Å². The summed E-state index contributed by atoms with van der Waals surface area (Å²) in [4.78, 5) is 0. The number of rotatable bonds is 10. The van der Waals surface area contributed by atoms with Crippen LogP contribution in [0.5, 0.6) is 11.5 Å². The molecule has 3 nitrogen and oxygen atoms in total. The molecule has 0 amide bonds. The van der Waals surface area contributed by atoms with Crippen molar-refractivity contribution in [3.05, 3.63) is 88.4 Å². The first kappa shape index (κ1) is 20.4. The van der Waals surface area contributed by atoms with E-state index in [0.717, 1.165) is 36.4 Å². The van der Waals surface area contributed by atoms with Crippen LogP contribution in [0.25, 0.3) is 0 Å². The third-order valence-corrected chi connectivity index (χ3v) is 4.69. The Balaban J connectivity index is 1.40. The molecule has 0 fully saturated rings. The zero-order chi connectivity index (χ0) is 19.6. The number of hydrogen-bond acceptors (Lipinski definition) is 3. The van der Waals surface area contributed by atoms with Gasteiger partial charge in [0.15, 0.2) is 0 Å². The van der Waals surface area contributed by atoms with Crippen molar-refractivity contribution >= 4 is 28.9 Å². The molecule has 3 aromatic carbocycles. The van der Waals surface area contributed by atoms with Gasteiger partial charge in [-0.15, -0.1) is 0 Å². The molecule has 0 aromatic heterocycles. The minimum absolute atomic E-state index is 0.537. The van der Waals surface area contributed by atoms with Gasteiger partial charge >= 0.3 is 0 Å². The number of benzene rings is 3. The van der Waals surface area contributed by atoms with Crippen LogP contribution in [0.3, 0.4) is 0 Å². The minimum Gasteiger partial charge on any atom is -0.492 e. The van der Waals surface area contributed by atoms with Gasteiger partial charge in [-0.25, -0.2) is 0 Å². The highest BCUT2D eigenvalue weighted by Gasteiger charge is 2.04. The van der Waals surface area contributed by atoms with Gasteiger partial charge in [-0.1, -0.05) is 65.7 Å². The summed E-state index contributed by atoms with van der Waals surface area (Å²) < 4.78 is 11.7. The Morgan fingerprint density at radius 1 is 0.750 bits per heavy atom. The molecule has 5 heteroatoms. The molecule has 0 unspecified atom stereocenters. The van der Waals surface area contributed by atoms with E-state index in [9.17, 15) is 0 Å². The van der Waals surface area contributed by atoms with Gasteiger partial charge in [0.25, 0.3) is 0 Å². The molecule has 0 bridgehead atoms. The highest BCUT2D eigenvalue weighted by atomic mass is 35.5. The standard InChI is InChI=1S/C23H23Cl2NO2/c24-19-12-13-22(20(25)16-19)27-15-7-6-14-26-21-10-4-5-11-23(21)28-17-18-8-2-1-3-9-18/h1-5,8-13,16,26H,6-7,14-15,17H2. The quantitative estimate of drug-likeness (QED) is 0.367. The van der Waals surface area contributed by atoms with Gasteiger partial charge in [0.1, 0.15) is 18.1 Å². The van der Waals surface area contributed by atoms with Crippen molar-refractivity contribution in [2.24, 2.45) is 0 Å². The van der Waals surface area contributed by atoms with E-state index < -0.39 is 0 Å². The molecule has 1 N–H and O–H groups in total. The highest BCUT2D eigenvalue weighted by Crippen LogP contribution is 2.28. The molecule has 0 saturated carbocycles. The number of ether oxygens (including phenoxy) is 2. The van der Waals surface area contributed by atoms with E-state index in [1.165, 1.54) is 0 Å². The molecule has 0 saturated heterocycles. The third-order valence-electron chi connectivity index (χ3n) is 4.16. The van der Waals surface area contributed by atoms with Crippen LogP contribution in [-0.4, -0.2) is 13.2 Å². The summed E-state index contributed by atoms with van der Waals surface area (Å²) in [5.74, 6) is 1.52. The monoisotopic (exact) mass is 415 g/mol. The fraction of sp³-hybridized carbons (Fsp3) is 0.217. The van der Waals surface area contributed by atoms with E-state index in [4.69, 9.17) is 32.7 Å². The molecule has 3 rings (SSSR count). The lowest BCUT2D eigenvalue weighted by Gasteiger charge is -2.13. The molecular weight excluding hydrogens is 393 g/mol. The molecule has 0 radical (unpaired) electrons. The van der Waals surface area contributed by atoms with E-state index >= 15 is 0 Å². The first-order valence-corrected chi connectivity index (χ1v) is 10.1. The Morgan fingerprint density at radius 3 is 2.36 bits per heavy atom. The number of nitrogens with one attached hydrogen (secondary N) is 1. The molecule has 3 aromatic rings. The van der Waals surface area contributed by atoms with Crippen LogP contribution in [-0.2, 0) is 6.61 Å². The Hall–Kier alpha value is -2.36. The topological polar surface area (TPSA) is 30.5 Å². The Morgan fingerprint density at radius 2 is 1.54 bits per heavy atom. The third kappa shape index (κ3) is 6.36. The lowest BCUT2D eigenvalue weighted by molar-refractivity contribution is 0.306. The number of hydrogen-bond donors (Lipinski definition) is 1. The molecule has 0 heterocycles. The van der Waals surface area contributed by atoms with Crippen LogP contribution in [0.4, 0.5) is 5.69 Å². The fourth-order valence-electron chi connectivity index (χ4n) is 2.70. The average Bonchev–Trinajstić information content (AvgIpc) is 2.72. The first-order valence-electron chi connectivity index (χ1n) is 9.30. The summed E-state index contributed by atoms with van der Waals surface area (Å²) in [5.41, 5.74) is 2.15. The number of para-hydroxylation sites is 2. The zero-order valence-electron chi connectivity index (χ0n) is 15.5. The van der Waals surface area contributed by atoms with Crippen LogP contribution < -0.4 is 14.8 Å². The average molecular weight is 416 g/mol. The SMILES string of the molecule is Clc1ccc(OCCCCNc2ccccc2OCc2ccccc2)c(Cl)c1. The summed E-state index contributed by atoms with van der Waals surface area (Å²) in [6, 6.07) is 23.4. The van der Waals surface area contributed by atoms with Crippen molar-refractivity contribution < 1.29 is 9.47 Å². The largest absolute Gasteiger partial charge is 0.492 e. The first-order chi connectivity index (χ1) is 13.7. The van der Waals surface area contributed by atoms with Gasteiger partial charge in [-0.3, -0.25) is 0 Å². The normalized spacial score (nSPS) is 10.5. The molecule has 0 atom stereocenters. The van der Waals surface area contributed by atoms with Crippen LogP contribution in [0.2, 0.25) is 10.0 Å². The van der Waals surface area contributed by atoms with Crippen molar-refractivity contribution in [3.63, 3.8) is 0 Å². The van der Waals surface area contributed by atoms with Crippen molar-refractivity contribution in [1.29, 1.82) is 0 Å². The maximum absolute atomic E-state index is 6.11. The van der Waals surface area contributed by atoms with Gasteiger partial charge < -0.3 is 14.8 Å². The number of unbranched alkanes of at least 4 members (excludes halogenated alkanes) is 1. The second kappa shape index (κ2) is 10.8. The summed E-state index contributed by atoms with van der Waals surface area (Å²) in [5, 5.41) is 4.59. The van der Waals surface area contributed by atoms with Gasteiger partial charge in [-0.2, -0.15) is 0 Å². The van der Waals surface area contributed by atoms with Crippen molar-refractivity contribution in [2.75, 3.05) is 18.5 Å². The molecule has 146 valence electrons. The number of anilines is 1. The van der Waals surface area contributed by atoms with Crippen molar-refractivity contribution in [3.8, 4) is 11.5 Å². The molecule has 0 aliphatic carbocycles. The van der Waals surface area contributed by atoms with E-state index in [2.05, 4.69) is 17.4 Å². The second-order valence-electron chi connectivity index (χ2n) is 6.33. The van der Waals surface area contributed by atoms with Gasteiger partial charge in [-0.05, 0) is 48.7 Å². The molecular formula is C23H23Cl2NO2. The Kier molecular flexibility index (Phi) is 7.89. The fourth-order valence-corrected chi connectivity index (χ4v) is 3.16. The predicted octanol–water partition coefficient (Wildman–Crippen LogP) is 6.84. The molecule has 0 aliphatic heterocycles. The Labute approximate surface area is 176 Å². The summed E-state index contributed by atoms with van der Waals surface area (Å²) in [6.07, 6.45) is 1.89. The second-order valence-corrected chi connectivity index (χ2v) is 7.17. The molecule has 0 spiro atoms. The predicted molar refractivity (Wildman–Crippen MR) is 117 cm³/mol. The molecule has 28 heavy (non-hydrogen) atoms. The van der Waals surface area contributed by atoms with Gasteiger partial charge in [0.2, 0.25) is 0 Å². The summed E-state index contributed by atoms with van der Waals surface area (Å²) >= 11 is 12.0. The molecule has 0 aliphatic rings.